The average Bonchev–Trinajstić information content (AvgIpc) is 2.49. The molecule has 0 atom stereocenters. The van der Waals surface area contributed by atoms with Crippen molar-refractivity contribution in [3.8, 4) is 0 Å². The third kappa shape index (κ3) is 17.0. The molecule has 21 heavy (non-hydrogen) atoms. The number of rotatable bonds is 15. The van der Waals surface area contributed by atoms with Crippen molar-refractivity contribution < 1.29 is 38.0 Å². The van der Waals surface area contributed by atoms with Crippen LogP contribution in [0.15, 0.2) is 0 Å². The lowest BCUT2D eigenvalue weighted by molar-refractivity contribution is -0.00747. The van der Waals surface area contributed by atoms with Gasteiger partial charge in [-0.3, -0.25) is 0 Å². The number of carbonyl (C=O) groups is 1. The predicted molar refractivity (Wildman–Crippen MR) is 73.5 cm³/mol. The first-order valence-corrected chi connectivity index (χ1v) is 6.82. The Labute approximate surface area is 125 Å². The molecule has 126 valence electrons. The molecular formula is C13H26O8. The van der Waals surface area contributed by atoms with Gasteiger partial charge in [0.15, 0.2) is 0 Å². The van der Waals surface area contributed by atoms with Gasteiger partial charge in [0.1, 0.15) is 13.2 Å². The highest BCUT2D eigenvalue weighted by atomic mass is 16.7. The maximum absolute atomic E-state index is 11.1. The zero-order chi connectivity index (χ0) is 15.6. The average molecular weight is 310 g/mol. The molecule has 0 amide bonds. The molecule has 0 saturated heterocycles. The van der Waals surface area contributed by atoms with Crippen LogP contribution < -0.4 is 0 Å². The lowest BCUT2D eigenvalue weighted by Gasteiger charge is -2.08. The monoisotopic (exact) mass is 310 g/mol. The van der Waals surface area contributed by atoms with Crippen LogP contribution in [-0.4, -0.2) is 86.4 Å². The molecule has 0 aromatic rings. The van der Waals surface area contributed by atoms with Gasteiger partial charge in [0.2, 0.25) is 0 Å². The summed E-state index contributed by atoms with van der Waals surface area (Å²) in [7, 11) is 3.20. The van der Waals surface area contributed by atoms with Gasteiger partial charge in [-0.1, -0.05) is 0 Å². The summed E-state index contributed by atoms with van der Waals surface area (Å²) >= 11 is 0. The number of hydrogen-bond donors (Lipinski definition) is 0. The molecule has 0 aliphatic carbocycles. The lowest BCUT2D eigenvalue weighted by Crippen LogP contribution is -2.16. The molecule has 0 spiro atoms. The third-order valence-corrected chi connectivity index (χ3v) is 2.13. The Morgan fingerprint density at radius 2 is 0.905 bits per heavy atom. The predicted octanol–water partition coefficient (Wildman–Crippen LogP) is 0.482. The normalized spacial score (nSPS) is 10.6. The van der Waals surface area contributed by atoms with Crippen LogP contribution in [0.5, 0.6) is 0 Å². The van der Waals surface area contributed by atoms with Gasteiger partial charge in [0.25, 0.3) is 0 Å². The van der Waals surface area contributed by atoms with Gasteiger partial charge in [0.05, 0.1) is 52.9 Å². The van der Waals surface area contributed by atoms with E-state index in [1.807, 2.05) is 0 Å². The van der Waals surface area contributed by atoms with E-state index in [1.165, 1.54) is 0 Å². The summed E-state index contributed by atoms with van der Waals surface area (Å²) < 4.78 is 34.7. The second-order valence-corrected chi connectivity index (χ2v) is 3.77. The van der Waals surface area contributed by atoms with Crippen LogP contribution in [0.1, 0.15) is 0 Å². The second-order valence-electron chi connectivity index (χ2n) is 3.77. The smallest absolute Gasteiger partial charge is 0.432 e. The first-order chi connectivity index (χ1) is 10.3. The van der Waals surface area contributed by atoms with Gasteiger partial charge in [-0.15, -0.1) is 0 Å². The van der Waals surface area contributed by atoms with Crippen LogP contribution in [0.3, 0.4) is 0 Å². The molecular weight excluding hydrogens is 284 g/mol. The fraction of sp³-hybridized carbons (Fsp3) is 0.923. The minimum Gasteiger partial charge on any atom is -0.432 e. The number of hydrogen-bond acceptors (Lipinski definition) is 8. The topological polar surface area (TPSA) is 81.7 Å². The standard InChI is InChI=1S/C13H26O8/c1-15-3-5-17-7-8-19-10-12-21-13(14)20-11-9-18-6-4-16-2/h3-12H2,1-2H3. The van der Waals surface area contributed by atoms with Gasteiger partial charge < -0.3 is 33.2 Å². The van der Waals surface area contributed by atoms with Crippen molar-refractivity contribution in [2.45, 2.75) is 0 Å². The Hall–Kier alpha value is -0.930. The van der Waals surface area contributed by atoms with Crippen molar-refractivity contribution in [2.75, 3.05) is 80.3 Å². The first-order valence-electron chi connectivity index (χ1n) is 6.82. The molecule has 0 rings (SSSR count). The van der Waals surface area contributed by atoms with Crippen molar-refractivity contribution in [1.82, 2.24) is 0 Å². The molecule has 0 aliphatic heterocycles. The molecule has 8 heteroatoms. The van der Waals surface area contributed by atoms with Crippen LogP contribution in [0.4, 0.5) is 4.79 Å². The maximum atomic E-state index is 11.1. The molecule has 0 fully saturated rings. The van der Waals surface area contributed by atoms with Gasteiger partial charge in [-0.25, -0.2) is 4.79 Å². The van der Waals surface area contributed by atoms with Crippen molar-refractivity contribution in [1.29, 1.82) is 0 Å². The number of methoxy groups -OCH3 is 2. The van der Waals surface area contributed by atoms with Crippen LogP contribution >= 0.6 is 0 Å². The SMILES string of the molecule is COCCOCCOCCOC(=O)OCCOCCOC. The van der Waals surface area contributed by atoms with E-state index >= 15 is 0 Å². The number of carbonyl (C=O) groups excluding carboxylic acids is 1. The molecule has 0 unspecified atom stereocenters. The number of ether oxygens (including phenoxy) is 7. The lowest BCUT2D eigenvalue weighted by atomic mass is 10.7. The van der Waals surface area contributed by atoms with Crippen molar-refractivity contribution in [2.24, 2.45) is 0 Å². The molecule has 8 nitrogen and oxygen atoms in total. The van der Waals surface area contributed by atoms with E-state index < -0.39 is 6.16 Å². The van der Waals surface area contributed by atoms with E-state index in [4.69, 9.17) is 33.2 Å². The largest absolute Gasteiger partial charge is 0.508 e. The van der Waals surface area contributed by atoms with Gasteiger partial charge in [-0.2, -0.15) is 0 Å². The molecule has 0 radical (unpaired) electrons. The van der Waals surface area contributed by atoms with E-state index in [0.717, 1.165) is 0 Å². The second kappa shape index (κ2) is 17.1. The summed E-state index contributed by atoms with van der Waals surface area (Å²) in [6.07, 6.45) is -0.731. The molecule has 0 bridgehead atoms. The van der Waals surface area contributed by atoms with E-state index in [9.17, 15) is 4.79 Å². The molecule has 0 aromatic heterocycles. The van der Waals surface area contributed by atoms with Crippen LogP contribution in [0.25, 0.3) is 0 Å². The minimum atomic E-state index is -0.731. The van der Waals surface area contributed by atoms with Crippen molar-refractivity contribution in [3.05, 3.63) is 0 Å². The molecule has 0 N–H and O–H groups in total. The van der Waals surface area contributed by atoms with Crippen molar-refractivity contribution in [3.63, 3.8) is 0 Å². The van der Waals surface area contributed by atoms with E-state index in [-0.39, 0.29) is 13.2 Å². The minimum absolute atomic E-state index is 0.140. The van der Waals surface area contributed by atoms with Crippen LogP contribution in [0, 0.1) is 0 Å². The van der Waals surface area contributed by atoms with Crippen LogP contribution in [0.2, 0.25) is 0 Å². The zero-order valence-corrected chi connectivity index (χ0v) is 12.8. The Morgan fingerprint density at radius 1 is 0.571 bits per heavy atom. The summed E-state index contributed by atoms with van der Waals surface area (Å²) in [6.45, 7) is 3.90. The summed E-state index contributed by atoms with van der Waals surface area (Å²) in [5.74, 6) is 0. The first kappa shape index (κ1) is 20.1. The van der Waals surface area contributed by atoms with Gasteiger partial charge in [0, 0.05) is 14.2 Å². The highest BCUT2D eigenvalue weighted by Crippen LogP contribution is 1.88. The summed E-state index contributed by atoms with van der Waals surface area (Å²) in [4.78, 5) is 11.1. The summed E-state index contributed by atoms with van der Waals surface area (Å²) in [5.41, 5.74) is 0. The highest BCUT2D eigenvalue weighted by Gasteiger charge is 2.03. The van der Waals surface area contributed by atoms with Gasteiger partial charge >= 0.3 is 6.16 Å². The van der Waals surface area contributed by atoms with Crippen LogP contribution in [-0.2, 0) is 33.2 Å². The van der Waals surface area contributed by atoms with Gasteiger partial charge in [-0.05, 0) is 0 Å². The molecule has 0 saturated carbocycles. The molecule has 0 aliphatic rings. The Balaban J connectivity index is 3.12. The fourth-order valence-corrected chi connectivity index (χ4v) is 1.12. The molecule has 0 aromatic carbocycles. The summed E-state index contributed by atoms with van der Waals surface area (Å²) in [5, 5.41) is 0. The van der Waals surface area contributed by atoms with E-state index in [2.05, 4.69) is 0 Å². The Kier molecular flexibility index (Phi) is 16.4. The zero-order valence-electron chi connectivity index (χ0n) is 12.8. The van der Waals surface area contributed by atoms with Crippen molar-refractivity contribution >= 4 is 6.16 Å². The Morgan fingerprint density at radius 3 is 1.29 bits per heavy atom. The summed E-state index contributed by atoms with van der Waals surface area (Å²) in [6, 6.07) is 0. The maximum Gasteiger partial charge on any atom is 0.508 e. The third-order valence-electron chi connectivity index (χ3n) is 2.13. The Bertz CT molecular complexity index is 224. The quantitative estimate of drug-likeness (QED) is 0.319. The van der Waals surface area contributed by atoms with E-state index in [0.29, 0.717) is 52.9 Å². The molecule has 0 heterocycles. The fourth-order valence-electron chi connectivity index (χ4n) is 1.12. The highest BCUT2D eigenvalue weighted by molar-refractivity contribution is 5.59. The van der Waals surface area contributed by atoms with E-state index in [1.54, 1.807) is 14.2 Å².